The highest BCUT2D eigenvalue weighted by atomic mass is 16.2. The molecule has 0 aromatic rings. The molecule has 0 aliphatic carbocycles. The SMILES string of the molecule is C#CCNC(=O)C(C)N1CCCCCCC1. The van der Waals surface area contributed by atoms with Crippen LogP contribution in [-0.2, 0) is 4.79 Å². The third-order valence-electron chi connectivity index (χ3n) is 3.18. The molecule has 1 rings (SSSR count). The maximum absolute atomic E-state index is 11.8. The smallest absolute Gasteiger partial charge is 0.237 e. The van der Waals surface area contributed by atoms with Crippen LogP contribution in [0.15, 0.2) is 0 Å². The molecule has 1 amide bonds. The molecule has 1 atom stereocenters. The van der Waals surface area contributed by atoms with Crippen LogP contribution in [0.25, 0.3) is 0 Å². The molecule has 1 unspecified atom stereocenters. The molecule has 1 N–H and O–H groups in total. The Morgan fingerprint density at radius 2 is 1.88 bits per heavy atom. The van der Waals surface area contributed by atoms with Gasteiger partial charge in [0.1, 0.15) is 0 Å². The number of nitrogens with zero attached hydrogens (tertiary/aromatic N) is 1. The number of nitrogens with one attached hydrogen (secondary N) is 1. The quantitative estimate of drug-likeness (QED) is 0.732. The lowest BCUT2D eigenvalue weighted by Crippen LogP contribution is -2.46. The van der Waals surface area contributed by atoms with E-state index in [1.807, 2.05) is 6.92 Å². The Hall–Kier alpha value is -1.01. The van der Waals surface area contributed by atoms with Gasteiger partial charge in [0.2, 0.25) is 5.91 Å². The van der Waals surface area contributed by atoms with Gasteiger partial charge in [0.15, 0.2) is 0 Å². The summed E-state index contributed by atoms with van der Waals surface area (Å²) in [5.41, 5.74) is 0. The fourth-order valence-corrected chi connectivity index (χ4v) is 2.11. The van der Waals surface area contributed by atoms with Crippen LogP contribution in [0.5, 0.6) is 0 Å². The Morgan fingerprint density at radius 1 is 1.31 bits per heavy atom. The largest absolute Gasteiger partial charge is 0.344 e. The third-order valence-corrected chi connectivity index (χ3v) is 3.18. The van der Waals surface area contributed by atoms with Gasteiger partial charge >= 0.3 is 0 Å². The first-order valence-corrected chi connectivity index (χ1v) is 6.21. The van der Waals surface area contributed by atoms with Crippen molar-refractivity contribution in [3.05, 3.63) is 0 Å². The van der Waals surface area contributed by atoms with Crippen LogP contribution in [-0.4, -0.2) is 36.5 Å². The van der Waals surface area contributed by atoms with Gasteiger partial charge in [-0.1, -0.05) is 25.2 Å². The van der Waals surface area contributed by atoms with Crippen LogP contribution in [0.2, 0.25) is 0 Å². The average molecular weight is 222 g/mol. The average Bonchev–Trinajstić information content (AvgIpc) is 2.24. The minimum atomic E-state index is -0.0496. The van der Waals surface area contributed by atoms with Crippen molar-refractivity contribution in [1.29, 1.82) is 0 Å². The van der Waals surface area contributed by atoms with E-state index in [0.29, 0.717) is 6.54 Å². The van der Waals surface area contributed by atoms with E-state index in [4.69, 9.17) is 6.42 Å². The van der Waals surface area contributed by atoms with E-state index in [-0.39, 0.29) is 11.9 Å². The van der Waals surface area contributed by atoms with E-state index in [1.165, 1.54) is 32.1 Å². The molecular formula is C13H22N2O. The van der Waals surface area contributed by atoms with Crippen LogP contribution in [0.4, 0.5) is 0 Å². The minimum absolute atomic E-state index is 0.0496. The van der Waals surface area contributed by atoms with Crippen LogP contribution in [0.1, 0.15) is 39.0 Å². The molecule has 1 aliphatic rings. The summed E-state index contributed by atoms with van der Waals surface area (Å²) in [4.78, 5) is 14.0. The van der Waals surface area contributed by atoms with E-state index < -0.39 is 0 Å². The zero-order valence-electron chi connectivity index (χ0n) is 10.2. The standard InChI is InChI=1S/C13H22N2O/c1-3-9-14-13(16)12(2)15-10-7-5-4-6-8-11-15/h1,12H,4-11H2,2H3,(H,14,16). The van der Waals surface area contributed by atoms with E-state index in [9.17, 15) is 4.79 Å². The Kier molecular flexibility index (Phi) is 5.95. The first kappa shape index (κ1) is 13.1. The van der Waals surface area contributed by atoms with Gasteiger partial charge in [-0.05, 0) is 32.9 Å². The second-order valence-corrected chi connectivity index (χ2v) is 4.40. The second-order valence-electron chi connectivity index (χ2n) is 4.40. The molecule has 0 spiro atoms. The molecule has 0 saturated carbocycles. The van der Waals surface area contributed by atoms with Crippen LogP contribution >= 0.6 is 0 Å². The molecule has 1 aliphatic heterocycles. The van der Waals surface area contributed by atoms with Crippen molar-refractivity contribution in [2.45, 2.75) is 45.1 Å². The number of amides is 1. The highest BCUT2D eigenvalue weighted by molar-refractivity contribution is 5.81. The number of likely N-dealkylation sites (tertiary alicyclic amines) is 1. The van der Waals surface area contributed by atoms with Gasteiger partial charge in [-0.2, -0.15) is 0 Å². The summed E-state index contributed by atoms with van der Waals surface area (Å²) in [5, 5.41) is 2.75. The second kappa shape index (κ2) is 7.29. The molecule has 0 bridgehead atoms. The topological polar surface area (TPSA) is 32.3 Å². The van der Waals surface area contributed by atoms with Gasteiger partial charge in [0, 0.05) is 0 Å². The van der Waals surface area contributed by atoms with Crippen molar-refractivity contribution >= 4 is 5.91 Å². The first-order valence-electron chi connectivity index (χ1n) is 6.21. The molecule has 1 fully saturated rings. The number of terminal acetylenes is 1. The van der Waals surface area contributed by atoms with Crippen molar-refractivity contribution in [2.24, 2.45) is 0 Å². The summed E-state index contributed by atoms with van der Waals surface area (Å²) >= 11 is 0. The van der Waals surface area contributed by atoms with Crippen LogP contribution in [0.3, 0.4) is 0 Å². The first-order chi connectivity index (χ1) is 7.75. The molecule has 0 aromatic heterocycles. The van der Waals surface area contributed by atoms with Crippen molar-refractivity contribution in [3.63, 3.8) is 0 Å². The zero-order valence-corrected chi connectivity index (χ0v) is 10.2. The summed E-state index contributed by atoms with van der Waals surface area (Å²) in [6.07, 6.45) is 11.4. The fraction of sp³-hybridized carbons (Fsp3) is 0.769. The molecule has 90 valence electrons. The lowest BCUT2D eigenvalue weighted by atomic mass is 10.1. The molecule has 0 radical (unpaired) electrons. The van der Waals surface area contributed by atoms with Gasteiger partial charge in [0.25, 0.3) is 0 Å². The summed E-state index contributed by atoms with van der Waals surface area (Å²) in [6.45, 7) is 4.36. The summed E-state index contributed by atoms with van der Waals surface area (Å²) in [7, 11) is 0. The van der Waals surface area contributed by atoms with Crippen molar-refractivity contribution in [1.82, 2.24) is 10.2 Å². The maximum Gasteiger partial charge on any atom is 0.237 e. The van der Waals surface area contributed by atoms with Gasteiger partial charge in [-0.25, -0.2) is 0 Å². The summed E-state index contributed by atoms with van der Waals surface area (Å²) in [5.74, 6) is 2.48. The predicted octanol–water partition coefficient (Wildman–Crippen LogP) is 1.39. The fourth-order valence-electron chi connectivity index (χ4n) is 2.11. The number of rotatable bonds is 3. The molecule has 3 heteroatoms. The third kappa shape index (κ3) is 4.24. The van der Waals surface area contributed by atoms with Gasteiger partial charge in [0.05, 0.1) is 12.6 Å². The Labute approximate surface area is 98.6 Å². The zero-order chi connectivity index (χ0) is 11.8. The minimum Gasteiger partial charge on any atom is -0.344 e. The lowest BCUT2D eigenvalue weighted by Gasteiger charge is -2.29. The monoisotopic (exact) mass is 222 g/mol. The van der Waals surface area contributed by atoms with Crippen molar-refractivity contribution in [2.75, 3.05) is 19.6 Å². The summed E-state index contributed by atoms with van der Waals surface area (Å²) < 4.78 is 0. The lowest BCUT2D eigenvalue weighted by molar-refractivity contribution is -0.125. The molecule has 16 heavy (non-hydrogen) atoms. The number of carbonyl (C=O) groups excluding carboxylic acids is 1. The normalized spacial score (nSPS) is 20.2. The molecule has 3 nitrogen and oxygen atoms in total. The van der Waals surface area contributed by atoms with E-state index in [2.05, 4.69) is 16.1 Å². The van der Waals surface area contributed by atoms with Crippen molar-refractivity contribution < 1.29 is 4.79 Å². The Bertz CT molecular complexity index is 249. The van der Waals surface area contributed by atoms with Crippen molar-refractivity contribution in [3.8, 4) is 12.3 Å². The van der Waals surface area contributed by atoms with Crippen LogP contribution in [0, 0.1) is 12.3 Å². The van der Waals surface area contributed by atoms with E-state index in [0.717, 1.165) is 13.1 Å². The highest BCUT2D eigenvalue weighted by Crippen LogP contribution is 2.12. The summed E-state index contributed by atoms with van der Waals surface area (Å²) in [6, 6.07) is -0.0496. The van der Waals surface area contributed by atoms with E-state index in [1.54, 1.807) is 0 Å². The Balaban J connectivity index is 2.40. The molecule has 1 saturated heterocycles. The number of hydrogen-bond donors (Lipinski definition) is 1. The predicted molar refractivity (Wildman–Crippen MR) is 66.0 cm³/mol. The molecule has 0 aromatic carbocycles. The van der Waals surface area contributed by atoms with Gasteiger partial charge < -0.3 is 5.32 Å². The number of hydrogen-bond acceptors (Lipinski definition) is 2. The highest BCUT2D eigenvalue weighted by Gasteiger charge is 2.20. The van der Waals surface area contributed by atoms with Gasteiger partial charge in [-0.3, -0.25) is 9.69 Å². The number of carbonyl (C=O) groups is 1. The van der Waals surface area contributed by atoms with E-state index >= 15 is 0 Å². The maximum atomic E-state index is 11.8. The van der Waals surface area contributed by atoms with Crippen LogP contribution < -0.4 is 5.32 Å². The van der Waals surface area contributed by atoms with Gasteiger partial charge in [-0.15, -0.1) is 6.42 Å². The molecule has 1 heterocycles. The molecular weight excluding hydrogens is 200 g/mol. The Morgan fingerprint density at radius 3 is 2.44 bits per heavy atom.